The summed E-state index contributed by atoms with van der Waals surface area (Å²) in [5.41, 5.74) is 0. The zero-order chi connectivity index (χ0) is 13.2. The van der Waals surface area contributed by atoms with Crippen molar-refractivity contribution in [1.29, 1.82) is 0 Å². The van der Waals surface area contributed by atoms with Crippen LogP contribution in [0.25, 0.3) is 0 Å². The minimum atomic E-state index is 0.607. The maximum Gasteiger partial charge on any atom is 0.334 e. The van der Waals surface area contributed by atoms with Crippen molar-refractivity contribution in [2.24, 2.45) is 0 Å². The van der Waals surface area contributed by atoms with Crippen LogP contribution >= 0.6 is 0 Å². The van der Waals surface area contributed by atoms with E-state index in [0.29, 0.717) is 11.9 Å². The van der Waals surface area contributed by atoms with Gasteiger partial charge in [0, 0.05) is 19.3 Å². The Kier molecular flexibility index (Phi) is 8.11. The highest BCUT2D eigenvalue weighted by atomic mass is 16.3. The largest absolute Gasteiger partial charge is 0.464 e. The fourth-order valence-corrected chi connectivity index (χ4v) is 2.97. The molecule has 0 fully saturated rings. The van der Waals surface area contributed by atoms with Crippen molar-refractivity contribution < 1.29 is 9.68 Å². The van der Waals surface area contributed by atoms with Gasteiger partial charge in [-0.25, -0.2) is 4.58 Å². The number of aliphatic hydroxyl groups is 1. The molecule has 0 aromatic heterocycles. The molecule has 0 saturated heterocycles. The molecular formula is C16H32NO+. The second kappa shape index (κ2) is 9.41. The average molecular weight is 254 g/mol. The van der Waals surface area contributed by atoms with Gasteiger partial charge in [0.1, 0.15) is 6.54 Å². The normalized spacial score (nSPS) is 17.4. The first-order chi connectivity index (χ1) is 8.79. The van der Waals surface area contributed by atoms with Crippen LogP contribution in [-0.4, -0.2) is 28.2 Å². The summed E-state index contributed by atoms with van der Waals surface area (Å²) in [7, 11) is 0. The molecule has 1 rings (SSSR count). The molecule has 1 N–H and O–H groups in total. The molecule has 1 unspecified atom stereocenters. The molecule has 1 aliphatic rings. The van der Waals surface area contributed by atoms with Gasteiger partial charge < -0.3 is 5.11 Å². The van der Waals surface area contributed by atoms with Crippen molar-refractivity contribution in [3.8, 4) is 0 Å². The Labute approximate surface area is 113 Å². The van der Waals surface area contributed by atoms with Crippen LogP contribution in [0.1, 0.15) is 84.5 Å². The third-order valence-electron chi connectivity index (χ3n) is 4.10. The molecule has 0 aliphatic carbocycles. The quantitative estimate of drug-likeness (QED) is 0.444. The molecule has 0 aromatic rings. The van der Waals surface area contributed by atoms with Crippen molar-refractivity contribution in [2.45, 2.75) is 90.5 Å². The van der Waals surface area contributed by atoms with E-state index in [0.717, 1.165) is 19.4 Å². The van der Waals surface area contributed by atoms with E-state index >= 15 is 0 Å². The molecule has 0 radical (unpaired) electrons. The molecule has 0 saturated carbocycles. The first-order valence-corrected chi connectivity index (χ1v) is 8.11. The predicted molar refractivity (Wildman–Crippen MR) is 78.7 cm³/mol. The van der Waals surface area contributed by atoms with Gasteiger partial charge in [-0.15, -0.1) is 0 Å². The number of nitrogens with zero attached hydrogens (tertiary/aromatic N) is 1. The standard InChI is InChI=1S/C16H31NO/c1-3-5-7-9-12-15(11-8-6-4-2)17-14-10-13-16(17)18/h15H,3-14H2,1-2H3/p+1. The number of aliphatic hydroxyl groups excluding tert-OH is 1. The number of hydrogen-bond donors (Lipinski definition) is 1. The molecule has 106 valence electrons. The Bertz CT molecular complexity index is 247. The fourth-order valence-electron chi connectivity index (χ4n) is 2.97. The van der Waals surface area contributed by atoms with E-state index in [-0.39, 0.29) is 0 Å². The van der Waals surface area contributed by atoms with Crippen LogP contribution in [0.2, 0.25) is 0 Å². The van der Waals surface area contributed by atoms with E-state index in [1.165, 1.54) is 57.8 Å². The van der Waals surface area contributed by atoms with Crippen LogP contribution in [0.4, 0.5) is 0 Å². The van der Waals surface area contributed by atoms with Gasteiger partial charge in [-0.3, -0.25) is 0 Å². The van der Waals surface area contributed by atoms with Gasteiger partial charge in [0.15, 0.2) is 6.04 Å². The highest BCUT2D eigenvalue weighted by Gasteiger charge is 2.28. The lowest BCUT2D eigenvalue weighted by molar-refractivity contribution is -0.567. The summed E-state index contributed by atoms with van der Waals surface area (Å²) in [5.74, 6) is 0.659. The summed E-state index contributed by atoms with van der Waals surface area (Å²) in [6.45, 7) is 5.60. The van der Waals surface area contributed by atoms with Gasteiger partial charge >= 0.3 is 5.90 Å². The summed E-state index contributed by atoms with van der Waals surface area (Å²) in [6.07, 6.45) is 13.9. The molecule has 0 bridgehead atoms. The molecule has 1 atom stereocenters. The smallest absolute Gasteiger partial charge is 0.334 e. The van der Waals surface area contributed by atoms with Crippen LogP contribution in [0.15, 0.2) is 0 Å². The van der Waals surface area contributed by atoms with Crippen LogP contribution in [0.5, 0.6) is 0 Å². The van der Waals surface area contributed by atoms with Crippen molar-refractivity contribution in [2.75, 3.05) is 6.54 Å². The summed E-state index contributed by atoms with van der Waals surface area (Å²) >= 11 is 0. The van der Waals surface area contributed by atoms with Gasteiger partial charge in [-0.2, -0.15) is 0 Å². The van der Waals surface area contributed by atoms with Crippen LogP contribution in [0.3, 0.4) is 0 Å². The monoisotopic (exact) mass is 254 g/mol. The molecule has 1 heterocycles. The minimum absolute atomic E-state index is 0.607. The first-order valence-electron chi connectivity index (χ1n) is 8.11. The highest BCUT2D eigenvalue weighted by Crippen LogP contribution is 2.18. The Morgan fingerprint density at radius 3 is 2.17 bits per heavy atom. The molecule has 2 nitrogen and oxygen atoms in total. The van der Waals surface area contributed by atoms with Crippen LogP contribution in [-0.2, 0) is 0 Å². The minimum Gasteiger partial charge on any atom is -0.464 e. The third-order valence-corrected chi connectivity index (χ3v) is 4.10. The SMILES string of the molecule is CCCCCCC(CCCCC)[N+]1=C(O)CCC1. The maximum absolute atomic E-state index is 9.96. The zero-order valence-corrected chi connectivity index (χ0v) is 12.5. The number of unbranched alkanes of at least 4 members (excludes halogenated alkanes) is 5. The predicted octanol–water partition coefficient (Wildman–Crippen LogP) is 4.67. The lowest BCUT2D eigenvalue weighted by atomic mass is 10.0. The van der Waals surface area contributed by atoms with Crippen LogP contribution < -0.4 is 0 Å². The lowest BCUT2D eigenvalue weighted by Gasteiger charge is -2.14. The summed E-state index contributed by atoms with van der Waals surface area (Å²) < 4.78 is 2.29. The summed E-state index contributed by atoms with van der Waals surface area (Å²) in [4.78, 5) is 0. The topological polar surface area (TPSA) is 23.2 Å². The first kappa shape index (κ1) is 15.5. The van der Waals surface area contributed by atoms with Crippen LogP contribution in [0, 0.1) is 0 Å². The van der Waals surface area contributed by atoms with Gasteiger partial charge in [-0.05, 0) is 12.8 Å². The van der Waals surface area contributed by atoms with E-state index in [1.54, 1.807) is 0 Å². The molecule has 2 heteroatoms. The highest BCUT2D eigenvalue weighted by molar-refractivity contribution is 5.69. The Morgan fingerprint density at radius 1 is 1.00 bits per heavy atom. The number of rotatable bonds is 10. The fraction of sp³-hybridized carbons (Fsp3) is 0.938. The second-order valence-corrected chi connectivity index (χ2v) is 5.71. The molecule has 0 aromatic carbocycles. The van der Waals surface area contributed by atoms with E-state index in [9.17, 15) is 5.11 Å². The van der Waals surface area contributed by atoms with E-state index in [1.807, 2.05) is 0 Å². The summed E-state index contributed by atoms with van der Waals surface area (Å²) in [6, 6.07) is 0.607. The van der Waals surface area contributed by atoms with Crippen molar-refractivity contribution in [1.82, 2.24) is 0 Å². The molecule has 18 heavy (non-hydrogen) atoms. The lowest BCUT2D eigenvalue weighted by Crippen LogP contribution is -2.28. The molecular weight excluding hydrogens is 222 g/mol. The molecule has 0 amide bonds. The molecule has 1 aliphatic heterocycles. The third kappa shape index (κ3) is 5.41. The van der Waals surface area contributed by atoms with E-state index in [4.69, 9.17) is 0 Å². The molecule has 0 spiro atoms. The van der Waals surface area contributed by atoms with E-state index in [2.05, 4.69) is 18.4 Å². The van der Waals surface area contributed by atoms with Gasteiger partial charge in [0.05, 0.1) is 6.42 Å². The van der Waals surface area contributed by atoms with Crippen molar-refractivity contribution in [3.05, 3.63) is 0 Å². The summed E-state index contributed by atoms with van der Waals surface area (Å²) in [5, 5.41) is 9.96. The van der Waals surface area contributed by atoms with Crippen molar-refractivity contribution >= 4 is 5.90 Å². The Hall–Kier alpha value is -0.530. The second-order valence-electron chi connectivity index (χ2n) is 5.71. The van der Waals surface area contributed by atoms with Crippen molar-refractivity contribution in [3.63, 3.8) is 0 Å². The van der Waals surface area contributed by atoms with E-state index < -0.39 is 0 Å². The maximum atomic E-state index is 9.96. The van der Waals surface area contributed by atoms with Gasteiger partial charge in [-0.1, -0.05) is 46.0 Å². The van der Waals surface area contributed by atoms with Gasteiger partial charge in [0.2, 0.25) is 0 Å². The van der Waals surface area contributed by atoms with Gasteiger partial charge in [0.25, 0.3) is 0 Å². The average Bonchev–Trinajstić information content (AvgIpc) is 2.79. The zero-order valence-electron chi connectivity index (χ0n) is 12.5. The Morgan fingerprint density at radius 2 is 1.61 bits per heavy atom. The Balaban J connectivity index is 2.39. The number of hydrogen-bond acceptors (Lipinski definition) is 0.